The quantitative estimate of drug-likeness (QED) is 0.177. The maximum absolute atomic E-state index is 13.5. The predicted octanol–water partition coefficient (Wildman–Crippen LogP) is 6.70. The average molecular weight is 495 g/mol. The number of ether oxygens (including phenoxy) is 1. The molecule has 0 saturated carbocycles. The molecule has 1 amide bonds. The molecule has 2 N–H and O–H groups in total. The van der Waals surface area contributed by atoms with Crippen LogP contribution in [-0.4, -0.2) is 27.9 Å². The molecular weight excluding hydrogens is 464 g/mol. The lowest BCUT2D eigenvalue weighted by molar-refractivity contribution is -0.132. The number of amides is 1. The molecule has 3 aromatic carbocycles. The van der Waals surface area contributed by atoms with E-state index in [1.165, 1.54) is 4.90 Å². The Morgan fingerprint density at radius 1 is 0.946 bits per heavy atom. The summed E-state index contributed by atoms with van der Waals surface area (Å²) in [4.78, 5) is 31.8. The summed E-state index contributed by atoms with van der Waals surface area (Å²) in [6.45, 7) is 8.04. The van der Waals surface area contributed by atoms with Crippen LogP contribution in [0.4, 0.5) is 5.69 Å². The van der Waals surface area contributed by atoms with E-state index in [0.29, 0.717) is 22.9 Å². The van der Waals surface area contributed by atoms with Crippen molar-refractivity contribution in [2.24, 2.45) is 0 Å². The third kappa shape index (κ3) is 4.40. The van der Waals surface area contributed by atoms with E-state index in [9.17, 15) is 14.7 Å². The summed E-state index contributed by atoms with van der Waals surface area (Å²) < 4.78 is 5.79. The average Bonchev–Trinajstić information content (AvgIpc) is 3.42. The van der Waals surface area contributed by atoms with Gasteiger partial charge < -0.3 is 14.8 Å². The van der Waals surface area contributed by atoms with Gasteiger partial charge in [0, 0.05) is 33.9 Å². The number of para-hydroxylation sites is 1. The summed E-state index contributed by atoms with van der Waals surface area (Å²) in [7, 11) is 0. The maximum atomic E-state index is 13.5. The summed E-state index contributed by atoms with van der Waals surface area (Å²) in [5, 5.41) is 12.4. The summed E-state index contributed by atoms with van der Waals surface area (Å²) in [5.74, 6) is -0.737. The lowest BCUT2D eigenvalue weighted by atomic mass is 9.94. The highest BCUT2D eigenvalue weighted by molar-refractivity contribution is 6.51. The fourth-order valence-corrected chi connectivity index (χ4v) is 4.88. The monoisotopic (exact) mass is 494 g/mol. The number of anilines is 1. The lowest BCUT2D eigenvalue weighted by Gasteiger charge is -2.25. The van der Waals surface area contributed by atoms with Gasteiger partial charge in [-0.3, -0.25) is 14.5 Å². The van der Waals surface area contributed by atoms with Crippen LogP contribution in [0, 0.1) is 0 Å². The topological polar surface area (TPSA) is 82.6 Å². The number of aromatic amines is 1. The number of fused-ring (bicyclic) bond motifs is 1. The molecule has 1 aliphatic rings. The van der Waals surface area contributed by atoms with Crippen LogP contribution in [0.25, 0.3) is 16.7 Å². The van der Waals surface area contributed by atoms with Gasteiger partial charge in [0.05, 0.1) is 17.7 Å². The van der Waals surface area contributed by atoms with Crippen molar-refractivity contribution in [2.75, 3.05) is 4.90 Å². The summed E-state index contributed by atoms with van der Waals surface area (Å²) in [5.41, 5.74) is 3.80. The Balaban J connectivity index is 1.71. The second-order valence-corrected chi connectivity index (χ2v) is 9.90. The Labute approximate surface area is 216 Å². The fourth-order valence-electron chi connectivity index (χ4n) is 4.88. The van der Waals surface area contributed by atoms with E-state index in [4.69, 9.17) is 4.74 Å². The van der Waals surface area contributed by atoms with Crippen molar-refractivity contribution in [2.45, 2.75) is 45.8 Å². The molecule has 1 atom stereocenters. The number of carbonyl (C=O) groups is 2. The number of H-pyrrole nitrogens is 1. The molecule has 0 radical (unpaired) electrons. The smallest absolute Gasteiger partial charge is 0.300 e. The standard InChI is InChI=1S/C31H30N2O4/c1-18(2)20-12-14-22(15-13-20)33-28(25-17-32-26-11-6-5-10-24(25)26)27(30(35)31(33)36)29(34)21-8-7-9-23(16-21)37-19(3)4/h5-19,28,32,34H,1-4H3/b29-27+. The Morgan fingerprint density at radius 2 is 1.68 bits per heavy atom. The molecule has 4 aromatic rings. The van der Waals surface area contributed by atoms with Crippen LogP contribution in [0.15, 0.2) is 84.6 Å². The Hall–Kier alpha value is -4.32. The lowest BCUT2D eigenvalue weighted by Crippen LogP contribution is -2.29. The molecule has 5 rings (SSSR count). The van der Waals surface area contributed by atoms with E-state index < -0.39 is 17.7 Å². The minimum Gasteiger partial charge on any atom is -0.507 e. The zero-order chi connectivity index (χ0) is 26.3. The van der Waals surface area contributed by atoms with Crippen LogP contribution >= 0.6 is 0 Å². The molecule has 1 unspecified atom stereocenters. The predicted molar refractivity (Wildman–Crippen MR) is 146 cm³/mol. The van der Waals surface area contributed by atoms with Crippen molar-refractivity contribution in [1.29, 1.82) is 0 Å². The minimum atomic E-state index is -0.810. The molecule has 1 fully saturated rings. The third-order valence-corrected chi connectivity index (χ3v) is 6.68. The summed E-state index contributed by atoms with van der Waals surface area (Å²) in [6, 6.07) is 21.5. The zero-order valence-corrected chi connectivity index (χ0v) is 21.4. The second-order valence-electron chi connectivity index (χ2n) is 9.90. The van der Waals surface area contributed by atoms with Crippen molar-refractivity contribution in [1.82, 2.24) is 4.98 Å². The largest absolute Gasteiger partial charge is 0.507 e. The molecule has 0 spiro atoms. The summed E-state index contributed by atoms with van der Waals surface area (Å²) in [6.07, 6.45) is 1.76. The number of hydrogen-bond acceptors (Lipinski definition) is 4. The van der Waals surface area contributed by atoms with Gasteiger partial charge >= 0.3 is 0 Å². The highest BCUT2D eigenvalue weighted by Gasteiger charge is 2.47. The first-order valence-corrected chi connectivity index (χ1v) is 12.5. The van der Waals surface area contributed by atoms with Gasteiger partial charge in [0.15, 0.2) is 0 Å². The van der Waals surface area contributed by atoms with E-state index in [2.05, 4.69) is 18.8 Å². The number of nitrogens with one attached hydrogen (secondary N) is 1. The Kier molecular flexibility index (Phi) is 6.34. The molecule has 188 valence electrons. The fraction of sp³-hybridized carbons (Fsp3) is 0.226. The number of ketones is 1. The third-order valence-electron chi connectivity index (χ3n) is 6.68. The molecule has 0 aliphatic carbocycles. The molecular formula is C31H30N2O4. The van der Waals surface area contributed by atoms with Gasteiger partial charge in [0.25, 0.3) is 11.7 Å². The SMILES string of the molecule is CC(C)Oc1cccc(/C(O)=C2\C(=O)C(=O)N(c3ccc(C(C)C)cc3)C2c2c[nH]c3ccccc23)c1. The van der Waals surface area contributed by atoms with Gasteiger partial charge in [-0.1, -0.05) is 56.3 Å². The zero-order valence-electron chi connectivity index (χ0n) is 21.4. The maximum Gasteiger partial charge on any atom is 0.300 e. The minimum absolute atomic E-state index is 0.0457. The first-order chi connectivity index (χ1) is 17.8. The Morgan fingerprint density at radius 3 is 2.38 bits per heavy atom. The molecule has 6 heteroatoms. The van der Waals surface area contributed by atoms with Crippen molar-refractivity contribution < 1.29 is 19.4 Å². The number of nitrogens with zero attached hydrogens (tertiary/aromatic N) is 1. The molecule has 37 heavy (non-hydrogen) atoms. The number of aromatic nitrogens is 1. The van der Waals surface area contributed by atoms with Crippen LogP contribution in [0.5, 0.6) is 5.75 Å². The molecule has 1 aromatic heterocycles. The highest BCUT2D eigenvalue weighted by atomic mass is 16.5. The van der Waals surface area contributed by atoms with Gasteiger partial charge in [0.2, 0.25) is 0 Å². The van der Waals surface area contributed by atoms with Crippen LogP contribution in [0.1, 0.15) is 56.3 Å². The van der Waals surface area contributed by atoms with Crippen LogP contribution < -0.4 is 9.64 Å². The van der Waals surface area contributed by atoms with Crippen LogP contribution in [-0.2, 0) is 9.59 Å². The number of benzene rings is 3. The van der Waals surface area contributed by atoms with Gasteiger partial charge in [-0.25, -0.2) is 0 Å². The van der Waals surface area contributed by atoms with Gasteiger partial charge in [0.1, 0.15) is 11.5 Å². The molecule has 6 nitrogen and oxygen atoms in total. The number of hydrogen-bond donors (Lipinski definition) is 2. The van der Waals surface area contributed by atoms with Crippen molar-refractivity contribution >= 4 is 34.0 Å². The normalized spacial score (nSPS) is 17.4. The number of carbonyl (C=O) groups excluding carboxylic acids is 2. The second kappa shape index (κ2) is 9.62. The van der Waals surface area contributed by atoms with Crippen molar-refractivity contribution in [3.8, 4) is 5.75 Å². The van der Waals surface area contributed by atoms with Crippen molar-refractivity contribution in [3.05, 3.63) is 101 Å². The van der Waals surface area contributed by atoms with Crippen LogP contribution in [0.2, 0.25) is 0 Å². The van der Waals surface area contributed by atoms with E-state index >= 15 is 0 Å². The van der Waals surface area contributed by atoms with Crippen LogP contribution in [0.3, 0.4) is 0 Å². The summed E-state index contributed by atoms with van der Waals surface area (Å²) >= 11 is 0. The van der Waals surface area contributed by atoms with Gasteiger partial charge in [-0.2, -0.15) is 0 Å². The molecule has 1 saturated heterocycles. The van der Waals surface area contributed by atoms with E-state index in [1.807, 2.05) is 68.6 Å². The number of rotatable bonds is 6. The van der Waals surface area contributed by atoms with E-state index in [0.717, 1.165) is 22.0 Å². The highest BCUT2D eigenvalue weighted by Crippen LogP contribution is 2.44. The first-order valence-electron chi connectivity index (χ1n) is 12.5. The van der Waals surface area contributed by atoms with Crippen molar-refractivity contribution in [3.63, 3.8) is 0 Å². The molecule has 2 heterocycles. The van der Waals surface area contributed by atoms with Gasteiger partial charge in [-0.05, 0) is 55.7 Å². The first kappa shape index (κ1) is 24.4. The molecule has 1 aliphatic heterocycles. The van der Waals surface area contributed by atoms with E-state index in [1.54, 1.807) is 24.3 Å². The van der Waals surface area contributed by atoms with Gasteiger partial charge in [-0.15, -0.1) is 0 Å². The Bertz CT molecular complexity index is 1510. The number of Topliss-reactive ketones (excluding diaryl/α,β-unsaturated/α-hetero) is 1. The molecule has 0 bridgehead atoms. The number of aliphatic hydroxyl groups is 1. The van der Waals surface area contributed by atoms with E-state index in [-0.39, 0.29) is 17.4 Å². The number of aliphatic hydroxyl groups excluding tert-OH is 1.